The molecule has 0 spiro atoms. The molecule has 1 fully saturated rings. The third-order valence-corrected chi connectivity index (χ3v) is 4.74. The van der Waals surface area contributed by atoms with Crippen LogP contribution in [0.4, 0.5) is 0 Å². The molecule has 1 saturated heterocycles. The first-order chi connectivity index (χ1) is 12.1. The van der Waals surface area contributed by atoms with Gasteiger partial charge in [0, 0.05) is 6.54 Å². The van der Waals surface area contributed by atoms with Crippen molar-refractivity contribution in [2.45, 2.75) is 31.9 Å². The summed E-state index contributed by atoms with van der Waals surface area (Å²) in [5.74, 6) is 1.21. The van der Waals surface area contributed by atoms with Crippen LogP contribution in [0.2, 0.25) is 5.02 Å². The van der Waals surface area contributed by atoms with E-state index in [1.165, 1.54) is 12.8 Å². The molecule has 6 heteroatoms. The van der Waals surface area contributed by atoms with Crippen LogP contribution in [0, 0.1) is 0 Å². The molecule has 0 saturated carbocycles. The number of carbonyl (C=O) groups is 1. The fraction of sp³-hybridized carbons (Fsp3) is 0.421. The molecule has 0 aliphatic carbocycles. The number of hydrogen-bond donors (Lipinski definition) is 1. The van der Waals surface area contributed by atoms with Crippen molar-refractivity contribution in [3.63, 3.8) is 0 Å². The molecule has 0 bridgehead atoms. The highest BCUT2D eigenvalue weighted by Crippen LogP contribution is 2.26. The van der Waals surface area contributed by atoms with Gasteiger partial charge < -0.3 is 14.5 Å². The van der Waals surface area contributed by atoms with Gasteiger partial charge in [-0.1, -0.05) is 23.7 Å². The highest BCUT2D eigenvalue weighted by molar-refractivity contribution is 6.32. The molecule has 1 aromatic heterocycles. The van der Waals surface area contributed by atoms with Gasteiger partial charge in [0.05, 0.1) is 17.3 Å². The standard InChI is InChI=1S/C19H23ClN2O3/c1-14(25-17-8-3-2-7-15(17)20)19(23)21-13-16(18-9-6-12-24-18)22-10-4-5-11-22/h2-3,6-9,12,14,16H,4-5,10-11,13H2,1H3,(H,21,23). The average Bonchev–Trinajstić information content (AvgIpc) is 3.31. The number of amides is 1. The van der Waals surface area contributed by atoms with Gasteiger partial charge >= 0.3 is 0 Å². The maximum absolute atomic E-state index is 12.4. The SMILES string of the molecule is CC(Oc1ccccc1Cl)C(=O)NCC(c1ccco1)N1CCCC1. The molecule has 25 heavy (non-hydrogen) atoms. The van der Waals surface area contributed by atoms with Crippen molar-refractivity contribution in [2.75, 3.05) is 19.6 Å². The first-order valence-corrected chi connectivity index (χ1v) is 8.99. The Morgan fingerprint density at radius 1 is 1.28 bits per heavy atom. The highest BCUT2D eigenvalue weighted by Gasteiger charge is 2.27. The molecular weight excluding hydrogens is 340 g/mol. The van der Waals surface area contributed by atoms with Crippen LogP contribution in [0.3, 0.4) is 0 Å². The Balaban J connectivity index is 1.58. The molecular formula is C19H23ClN2O3. The summed E-state index contributed by atoms with van der Waals surface area (Å²) in [6.07, 6.45) is 3.40. The van der Waals surface area contributed by atoms with Gasteiger partial charge in [0.25, 0.3) is 5.91 Å². The minimum atomic E-state index is -0.629. The molecule has 1 aliphatic rings. The fourth-order valence-corrected chi connectivity index (χ4v) is 3.25. The monoisotopic (exact) mass is 362 g/mol. The van der Waals surface area contributed by atoms with E-state index >= 15 is 0 Å². The Morgan fingerprint density at radius 2 is 2.04 bits per heavy atom. The Hall–Kier alpha value is -1.98. The number of halogens is 1. The van der Waals surface area contributed by atoms with E-state index < -0.39 is 6.10 Å². The van der Waals surface area contributed by atoms with E-state index in [0.29, 0.717) is 17.3 Å². The van der Waals surface area contributed by atoms with Crippen LogP contribution in [0.5, 0.6) is 5.75 Å². The largest absolute Gasteiger partial charge is 0.479 e. The topological polar surface area (TPSA) is 54.7 Å². The number of para-hydroxylation sites is 1. The van der Waals surface area contributed by atoms with Gasteiger partial charge in [-0.25, -0.2) is 0 Å². The van der Waals surface area contributed by atoms with Gasteiger partial charge in [0.15, 0.2) is 6.10 Å². The lowest BCUT2D eigenvalue weighted by Gasteiger charge is -2.26. The maximum Gasteiger partial charge on any atom is 0.260 e. The predicted octanol–water partition coefficient (Wildman–Crippen LogP) is 3.65. The fourth-order valence-electron chi connectivity index (χ4n) is 3.07. The summed E-state index contributed by atoms with van der Waals surface area (Å²) in [4.78, 5) is 14.8. The van der Waals surface area contributed by atoms with Crippen LogP contribution in [0.25, 0.3) is 0 Å². The van der Waals surface area contributed by atoms with Crippen LogP contribution in [0.15, 0.2) is 47.1 Å². The molecule has 2 aromatic rings. The third-order valence-electron chi connectivity index (χ3n) is 4.43. The normalized spacial score (nSPS) is 17.2. The minimum Gasteiger partial charge on any atom is -0.479 e. The number of carbonyl (C=O) groups excluding carboxylic acids is 1. The molecule has 2 heterocycles. The van der Waals surface area contributed by atoms with E-state index in [-0.39, 0.29) is 11.9 Å². The molecule has 134 valence electrons. The van der Waals surface area contributed by atoms with Crippen molar-refractivity contribution in [1.82, 2.24) is 10.2 Å². The summed E-state index contributed by atoms with van der Waals surface area (Å²) in [5, 5.41) is 3.47. The van der Waals surface area contributed by atoms with E-state index in [2.05, 4.69) is 10.2 Å². The zero-order valence-corrected chi connectivity index (χ0v) is 15.0. The van der Waals surface area contributed by atoms with Gasteiger partial charge in [0.2, 0.25) is 0 Å². The molecule has 1 amide bonds. The second-order valence-corrected chi connectivity index (χ2v) is 6.62. The summed E-state index contributed by atoms with van der Waals surface area (Å²) in [6, 6.07) is 11.0. The summed E-state index contributed by atoms with van der Waals surface area (Å²) in [6.45, 7) is 4.25. The number of benzene rings is 1. The molecule has 0 radical (unpaired) electrons. The molecule has 5 nitrogen and oxygen atoms in total. The second kappa shape index (κ2) is 8.41. The molecule has 2 atom stereocenters. The first kappa shape index (κ1) is 17.8. The van der Waals surface area contributed by atoms with Crippen molar-refractivity contribution in [3.8, 4) is 5.75 Å². The lowest BCUT2D eigenvalue weighted by Crippen LogP contribution is -2.41. The zero-order valence-electron chi connectivity index (χ0n) is 14.3. The van der Waals surface area contributed by atoms with Crippen molar-refractivity contribution in [1.29, 1.82) is 0 Å². The zero-order chi connectivity index (χ0) is 17.6. The molecule has 1 N–H and O–H groups in total. The Labute approximate surface area is 152 Å². The van der Waals surface area contributed by atoms with Crippen LogP contribution >= 0.6 is 11.6 Å². The van der Waals surface area contributed by atoms with E-state index in [1.54, 1.807) is 25.3 Å². The number of hydrogen-bond acceptors (Lipinski definition) is 4. The number of furan rings is 1. The maximum atomic E-state index is 12.4. The van der Waals surface area contributed by atoms with Gasteiger partial charge in [-0.2, -0.15) is 0 Å². The third kappa shape index (κ3) is 4.55. The van der Waals surface area contributed by atoms with Gasteiger partial charge in [-0.3, -0.25) is 9.69 Å². The van der Waals surface area contributed by atoms with E-state index in [4.69, 9.17) is 20.8 Å². The highest BCUT2D eigenvalue weighted by atomic mass is 35.5. The smallest absolute Gasteiger partial charge is 0.260 e. The van der Waals surface area contributed by atoms with Gasteiger partial charge in [0.1, 0.15) is 11.5 Å². The Kier molecular flexibility index (Phi) is 6.00. The summed E-state index contributed by atoms with van der Waals surface area (Å²) < 4.78 is 11.2. The Bertz CT molecular complexity index is 684. The van der Waals surface area contributed by atoms with Crippen molar-refractivity contribution in [2.24, 2.45) is 0 Å². The van der Waals surface area contributed by atoms with E-state index in [9.17, 15) is 4.79 Å². The van der Waals surface area contributed by atoms with Crippen LogP contribution in [-0.2, 0) is 4.79 Å². The number of nitrogens with one attached hydrogen (secondary N) is 1. The summed E-state index contributed by atoms with van der Waals surface area (Å²) in [7, 11) is 0. The van der Waals surface area contributed by atoms with E-state index in [1.807, 2.05) is 24.3 Å². The number of nitrogens with zero attached hydrogens (tertiary/aromatic N) is 1. The summed E-state index contributed by atoms with van der Waals surface area (Å²) in [5.41, 5.74) is 0. The van der Waals surface area contributed by atoms with Crippen molar-refractivity contribution >= 4 is 17.5 Å². The quantitative estimate of drug-likeness (QED) is 0.816. The lowest BCUT2D eigenvalue weighted by atomic mass is 10.2. The average molecular weight is 363 g/mol. The molecule has 3 rings (SSSR count). The van der Waals surface area contributed by atoms with Crippen LogP contribution in [-0.4, -0.2) is 36.5 Å². The van der Waals surface area contributed by atoms with Crippen LogP contribution < -0.4 is 10.1 Å². The second-order valence-electron chi connectivity index (χ2n) is 6.21. The number of likely N-dealkylation sites (tertiary alicyclic amines) is 1. The first-order valence-electron chi connectivity index (χ1n) is 8.61. The molecule has 2 unspecified atom stereocenters. The van der Waals surface area contributed by atoms with Crippen LogP contribution in [0.1, 0.15) is 31.6 Å². The van der Waals surface area contributed by atoms with E-state index in [0.717, 1.165) is 18.8 Å². The van der Waals surface area contributed by atoms with Gasteiger partial charge in [-0.15, -0.1) is 0 Å². The summed E-state index contributed by atoms with van der Waals surface area (Å²) >= 11 is 6.08. The van der Waals surface area contributed by atoms with Crippen molar-refractivity contribution < 1.29 is 13.9 Å². The lowest BCUT2D eigenvalue weighted by molar-refractivity contribution is -0.127. The van der Waals surface area contributed by atoms with Gasteiger partial charge in [-0.05, 0) is 57.1 Å². The molecule has 1 aromatic carbocycles. The predicted molar refractivity (Wildman–Crippen MR) is 96.8 cm³/mol. The van der Waals surface area contributed by atoms with Crippen molar-refractivity contribution in [3.05, 3.63) is 53.4 Å². The number of ether oxygens (including phenoxy) is 1. The Morgan fingerprint density at radius 3 is 2.72 bits per heavy atom. The minimum absolute atomic E-state index is 0.0500. The number of rotatable bonds is 7. The molecule has 1 aliphatic heterocycles.